The Kier molecular flexibility index (Phi) is 5.10. The van der Waals surface area contributed by atoms with Gasteiger partial charge in [0.2, 0.25) is 0 Å². The van der Waals surface area contributed by atoms with Crippen LogP contribution in [0.5, 0.6) is 5.75 Å². The van der Waals surface area contributed by atoms with Gasteiger partial charge in [-0.15, -0.1) is 0 Å². The van der Waals surface area contributed by atoms with Crippen LogP contribution in [0, 0.1) is 6.92 Å². The van der Waals surface area contributed by atoms with Gasteiger partial charge in [-0.25, -0.2) is 5.43 Å². The highest BCUT2D eigenvalue weighted by Gasteiger charge is 2.02. The van der Waals surface area contributed by atoms with Gasteiger partial charge in [-0.2, -0.15) is 5.10 Å². The summed E-state index contributed by atoms with van der Waals surface area (Å²) in [5.74, 6) is 0.380. The van der Waals surface area contributed by atoms with Crippen LogP contribution >= 0.6 is 0 Å². The van der Waals surface area contributed by atoms with Gasteiger partial charge in [0.15, 0.2) is 6.61 Å². The molecule has 0 bridgehead atoms. The average molecular weight is 282 g/mol. The van der Waals surface area contributed by atoms with Crippen molar-refractivity contribution < 1.29 is 9.53 Å². The molecule has 0 radical (unpaired) electrons. The Morgan fingerprint density at radius 3 is 2.43 bits per heavy atom. The minimum absolute atomic E-state index is 0.0609. The van der Waals surface area contributed by atoms with Crippen molar-refractivity contribution in [2.24, 2.45) is 5.10 Å². The van der Waals surface area contributed by atoms with Crippen LogP contribution in [0.25, 0.3) is 0 Å². The summed E-state index contributed by atoms with van der Waals surface area (Å²) in [5.41, 5.74) is 5.35. The van der Waals surface area contributed by atoms with E-state index in [0.29, 0.717) is 5.75 Å². The smallest absolute Gasteiger partial charge is 0.277 e. The molecule has 21 heavy (non-hydrogen) atoms. The van der Waals surface area contributed by atoms with Gasteiger partial charge in [0.1, 0.15) is 5.75 Å². The number of rotatable bonds is 5. The van der Waals surface area contributed by atoms with Crippen molar-refractivity contribution in [2.45, 2.75) is 13.8 Å². The average Bonchev–Trinajstić information content (AvgIpc) is 2.53. The number of carbonyl (C=O) groups excluding carboxylic acids is 1. The van der Waals surface area contributed by atoms with Crippen LogP contribution in [-0.2, 0) is 4.79 Å². The van der Waals surface area contributed by atoms with E-state index >= 15 is 0 Å². The quantitative estimate of drug-likeness (QED) is 0.677. The Hall–Kier alpha value is -2.62. The SMILES string of the molecule is C/C(=N\NC(=O)COc1ccc(C)cc1)c1ccccc1. The molecule has 2 aromatic rings. The van der Waals surface area contributed by atoms with Crippen LogP contribution in [0.15, 0.2) is 59.7 Å². The van der Waals surface area contributed by atoms with Crippen molar-refractivity contribution in [1.82, 2.24) is 5.43 Å². The van der Waals surface area contributed by atoms with E-state index in [0.717, 1.165) is 16.8 Å². The lowest BCUT2D eigenvalue weighted by molar-refractivity contribution is -0.123. The number of ether oxygens (including phenoxy) is 1. The number of benzene rings is 2. The maximum atomic E-state index is 11.7. The van der Waals surface area contributed by atoms with Crippen molar-refractivity contribution in [3.63, 3.8) is 0 Å². The third kappa shape index (κ3) is 4.76. The Bertz CT molecular complexity index is 619. The highest BCUT2D eigenvalue weighted by Crippen LogP contribution is 2.10. The first-order valence-electron chi connectivity index (χ1n) is 6.73. The molecule has 0 heterocycles. The molecule has 0 atom stereocenters. The van der Waals surface area contributed by atoms with Crippen LogP contribution in [0.4, 0.5) is 0 Å². The van der Waals surface area contributed by atoms with E-state index in [-0.39, 0.29) is 12.5 Å². The first-order valence-corrected chi connectivity index (χ1v) is 6.73. The summed E-state index contributed by atoms with van der Waals surface area (Å²) in [6.45, 7) is 3.78. The van der Waals surface area contributed by atoms with Gasteiger partial charge in [-0.3, -0.25) is 4.79 Å². The Morgan fingerprint density at radius 2 is 1.76 bits per heavy atom. The molecule has 4 nitrogen and oxygen atoms in total. The van der Waals surface area contributed by atoms with Gasteiger partial charge in [-0.05, 0) is 31.5 Å². The van der Waals surface area contributed by atoms with Gasteiger partial charge < -0.3 is 4.74 Å². The number of hydrogen-bond acceptors (Lipinski definition) is 3. The summed E-state index contributed by atoms with van der Waals surface area (Å²) in [6.07, 6.45) is 0. The van der Waals surface area contributed by atoms with Crippen LogP contribution in [0.2, 0.25) is 0 Å². The molecule has 0 aliphatic heterocycles. The maximum absolute atomic E-state index is 11.7. The van der Waals surface area contributed by atoms with Crippen LogP contribution < -0.4 is 10.2 Å². The lowest BCUT2D eigenvalue weighted by Gasteiger charge is -2.06. The molecular weight excluding hydrogens is 264 g/mol. The molecule has 2 rings (SSSR count). The van der Waals surface area contributed by atoms with Crippen LogP contribution in [-0.4, -0.2) is 18.2 Å². The predicted molar refractivity (Wildman–Crippen MR) is 83.5 cm³/mol. The molecule has 0 saturated carbocycles. The van der Waals surface area contributed by atoms with E-state index in [2.05, 4.69) is 10.5 Å². The summed E-state index contributed by atoms with van der Waals surface area (Å²) in [7, 11) is 0. The Morgan fingerprint density at radius 1 is 1.10 bits per heavy atom. The highest BCUT2D eigenvalue weighted by atomic mass is 16.5. The molecule has 4 heteroatoms. The topological polar surface area (TPSA) is 50.7 Å². The molecule has 0 aliphatic rings. The highest BCUT2D eigenvalue weighted by molar-refractivity contribution is 5.99. The third-order valence-electron chi connectivity index (χ3n) is 2.93. The molecule has 0 aromatic heterocycles. The number of hydrogen-bond donors (Lipinski definition) is 1. The first-order chi connectivity index (χ1) is 10.1. The second-order valence-corrected chi connectivity index (χ2v) is 4.70. The maximum Gasteiger partial charge on any atom is 0.277 e. The zero-order chi connectivity index (χ0) is 15.1. The normalized spacial score (nSPS) is 11.0. The third-order valence-corrected chi connectivity index (χ3v) is 2.93. The van der Waals surface area contributed by atoms with Gasteiger partial charge in [0.05, 0.1) is 5.71 Å². The molecule has 0 saturated heterocycles. The fourth-order valence-electron chi connectivity index (χ4n) is 1.71. The van der Waals surface area contributed by atoms with Gasteiger partial charge in [-0.1, -0.05) is 48.0 Å². The minimum atomic E-state index is -0.286. The molecule has 1 N–H and O–H groups in total. The molecule has 2 aromatic carbocycles. The summed E-state index contributed by atoms with van der Waals surface area (Å²) in [4.78, 5) is 11.7. The molecule has 1 amide bonds. The van der Waals surface area contributed by atoms with Gasteiger partial charge >= 0.3 is 0 Å². The molecule has 0 spiro atoms. The predicted octanol–water partition coefficient (Wildman–Crippen LogP) is 2.91. The standard InChI is InChI=1S/C17H18N2O2/c1-13-8-10-16(11-9-13)21-12-17(20)19-18-14(2)15-6-4-3-5-7-15/h3-11H,12H2,1-2H3,(H,19,20)/b18-14+. The van der Waals surface area contributed by atoms with Crippen LogP contribution in [0.1, 0.15) is 18.1 Å². The number of carbonyl (C=O) groups is 1. The van der Waals surface area contributed by atoms with Crippen molar-refractivity contribution in [1.29, 1.82) is 0 Å². The van der Waals surface area contributed by atoms with Crippen molar-refractivity contribution >= 4 is 11.6 Å². The second-order valence-electron chi connectivity index (χ2n) is 4.70. The number of hydrazone groups is 1. The van der Waals surface area contributed by atoms with E-state index in [1.54, 1.807) is 0 Å². The second kappa shape index (κ2) is 7.24. The summed E-state index contributed by atoms with van der Waals surface area (Å²) in [6, 6.07) is 17.2. The van der Waals surface area contributed by atoms with E-state index < -0.39 is 0 Å². The van der Waals surface area contributed by atoms with Gasteiger partial charge in [0, 0.05) is 0 Å². The van der Waals surface area contributed by atoms with E-state index in [4.69, 9.17) is 4.74 Å². The summed E-state index contributed by atoms with van der Waals surface area (Å²) < 4.78 is 5.38. The fourth-order valence-corrected chi connectivity index (χ4v) is 1.71. The largest absolute Gasteiger partial charge is 0.484 e. The Labute approximate surface area is 124 Å². The summed E-state index contributed by atoms with van der Waals surface area (Å²) >= 11 is 0. The molecular formula is C17H18N2O2. The zero-order valence-corrected chi connectivity index (χ0v) is 12.2. The number of nitrogens with zero attached hydrogens (tertiary/aromatic N) is 1. The molecule has 0 fully saturated rings. The fraction of sp³-hybridized carbons (Fsp3) is 0.176. The molecule has 108 valence electrons. The van der Waals surface area contributed by atoms with Gasteiger partial charge in [0.25, 0.3) is 5.91 Å². The van der Waals surface area contributed by atoms with Crippen LogP contribution in [0.3, 0.4) is 0 Å². The Balaban J connectivity index is 1.83. The lowest BCUT2D eigenvalue weighted by Crippen LogP contribution is -2.25. The molecule has 0 unspecified atom stereocenters. The van der Waals surface area contributed by atoms with Crippen molar-refractivity contribution in [2.75, 3.05) is 6.61 Å². The van der Waals surface area contributed by atoms with E-state index in [9.17, 15) is 4.79 Å². The molecule has 0 aliphatic carbocycles. The van der Waals surface area contributed by atoms with Crippen molar-refractivity contribution in [3.8, 4) is 5.75 Å². The van der Waals surface area contributed by atoms with E-state index in [1.165, 1.54) is 0 Å². The number of aryl methyl sites for hydroxylation is 1. The minimum Gasteiger partial charge on any atom is -0.484 e. The summed E-state index contributed by atoms with van der Waals surface area (Å²) in [5, 5.41) is 4.06. The van der Waals surface area contributed by atoms with Crippen molar-refractivity contribution in [3.05, 3.63) is 65.7 Å². The van der Waals surface area contributed by atoms with E-state index in [1.807, 2.05) is 68.4 Å². The lowest BCUT2D eigenvalue weighted by atomic mass is 10.1. The first kappa shape index (κ1) is 14.8. The number of amides is 1. The number of nitrogens with one attached hydrogen (secondary N) is 1. The monoisotopic (exact) mass is 282 g/mol. The zero-order valence-electron chi connectivity index (χ0n) is 12.2.